The average molecular weight is 222 g/mol. The van der Waals surface area contributed by atoms with Gasteiger partial charge in [-0.25, -0.2) is 4.98 Å². The zero-order chi connectivity index (χ0) is 11.8. The Bertz CT molecular complexity index is 392. The molecule has 5 heteroatoms. The number of hydrogen-bond donors (Lipinski definition) is 2. The fraction of sp³-hybridized carbons (Fsp3) is 0.545. The van der Waals surface area contributed by atoms with E-state index in [0.29, 0.717) is 18.1 Å². The molecule has 1 aliphatic heterocycles. The molecule has 1 aromatic heterocycles. The summed E-state index contributed by atoms with van der Waals surface area (Å²) in [6, 6.07) is 3.69. The van der Waals surface area contributed by atoms with Gasteiger partial charge in [0.15, 0.2) is 0 Å². The van der Waals surface area contributed by atoms with Crippen molar-refractivity contribution in [2.45, 2.75) is 19.4 Å². The van der Waals surface area contributed by atoms with E-state index >= 15 is 0 Å². The molecule has 88 valence electrons. The maximum atomic E-state index is 5.70. The van der Waals surface area contributed by atoms with E-state index in [-0.39, 0.29) is 5.60 Å². The van der Waals surface area contributed by atoms with Crippen LogP contribution in [0.5, 0.6) is 0 Å². The normalized spacial score (nSPS) is 19.8. The van der Waals surface area contributed by atoms with Crippen molar-refractivity contribution in [3.05, 3.63) is 12.1 Å². The van der Waals surface area contributed by atoms with Gasteiger partial charge in [0, 0.05) is 13.1 Å². The summed E-state index contributed by atoms with van der Waals surface area (Å²) in [6.45, 7) is 6.49. The predicted octanol–water partition coefficient (Wildman–Crippen LogP) is 0.861. The van der Waals surface area contributed by atoms with E-state index in [1.54, 1.807) is 6.07 Å². The van der Waals surface area contributed by atoms with Gasteiger partial charge in [-0.2, -0.15) is 0 Å². The van der Waals surface area contributed by atoms with Crippen LogP contribution in [0.15, 0.2) is 12.1 Å². The second-order valence-electron chi connectivity index (χ2n) is 4.67. The lowest BCUT2D eigenvalue weighted by atomic mass is 10.1. The van der Waals surface area contributed by atoms with E-state index in [2.05, 4.69) is 23.7 Å². The largest absolute Gasteiger partial charge is 0.396 e. The number of nitrogen functional groups attached to an aromatic ring is 2. The highest BCUT2D eigenvalue weighted by atomic mass is 16.5. The van der Waals surface area contributed by atoms with Gasteiger partial charge in [0.1, 0.15) is 11.6 Å². The van der Waals surface area contributed by atoms with Crippen molar-refractivity contribution in [2.75, 3.05) is 36.1 Å². The maximum Gasteiger partial charge on any atom is 0.149 e. The Morgan fingerprint density at radius 3 is 2.75 bits per heavy atom. The molecule has 0 bridgehead atoms. The summed E-state index contributed by atoms with van der Waals surface area (Å²) < 4.78 is 5.65. The zero-order valence-electron chi connectivity index (χ0n) is 9.73. The predicted molar refractivity (Wildman–Crippen MR) is 65.3 cm³/mol. The monoisotopic (exact) mass is 222 g/mol. The molecule has 2 rings (SSSR count). The van der Waals surface area contributed by atoms with Crippen LogP contribution in [0.25, 0.3) is 0 Å². The summed E-state index contributed by atoms with van der Waals surface area (Å²) in [5, 5.41) is 0. The number of nitrogens with two attached hydrogens (primary N) is 2. The summed E-state index contributed by atoms with van der Waals surface area (Å²) in [7, 11) is 0. The Hall–Kier alpha value is -1.49. The second-order valence-corrected chi connectivity index (χ2v) is 4.67. The van der Waals surface area contributed by atoms with Crippen molar-refractivity contribution in [3.8, 4) is 0 Å². The van der Waals surface area contributed by atoms with Gasteiger partial charge in [-0.05, 0) is 26.0 Å². The first-order chi connectivity index (χ1) is 7.48. The Morgan fingerprint density at radius 2 is 2.12 bits per heavy atom. The molecule has 1 saturated heterocycles. The minimum atomic E-state index is -0.143. The quantitative estimate of drug-likeness (QED) is 0.737. The molecule has 16 heavy (non-hydrogen) atoms. The number of anilines is 3. The molecule has 0 saturated carbocycles. The van der Waals surface area contributed by atoms with Crippen LogP contribution in [0.4, 0.5) is 17.3 Å². The number of hydrogen-bond acceptors (Lipinski definition) is 5. The minimum absolute atomic E-state index is 0.143. The van der Waals surface area contributed by atoms with E-state index in [1.807, 2.05) is 6.07 Å². The van der Waals surface area contributed by atoms with Gasteiger partial charge >= 0.3 is 0 Å². The number of aromatic nitrogens is 1. The number of morpholine rings is 1. The molecule has 0 aliphatic carbocycles. The molecule has 0 spiro atoms. The topological polar surface area (TPSA) is 77.4 Å². The third-order valence-corrected chi connectivity index (χ3v) is 2.69. The van der Waals surface area contributed by atoms with Crippen LogP contribution in [-0.4, -0.2) is 30.3 Å². The van der Waals surface area contributed by atoms with Gasteiger partial charge in [0.25, 0.3) is 0 Å². The van der Waals surface area contributed by atoms with Gasteiger partial charge in [0.05, 0.1) is 17.9 Å². The molecule has 0 radical (unpaired) electrons. The number of pyridine rings is 1. The van der Waals surface area contributed by atoms with Crippen LogP contribution in [0, 0.1) is 0 Å². The fourth-order valence-electron chi connectivity index (χ4n) is 1.86. The summed E-state index contributed by atoms with van der Waals surface area (Å²) >= 11 is 0. The Labute approximate surface area is 95.4 Å². The van der Waals surface area contributed by atoms with Crippen LogP contribution >= 0.6 is 0 Å². The average Bonchev–Trinajstić information content (AvgIpc) is 2.20. The Morgan fingerprint density at radius 1 is 1.38 bits per heavy atom. The van der Waals surface area contributed by atoms with Crippen molar-refractivity contribution in [1.29, 1.82) is 0 Å². The summed E-state index contributed by atoms with van der Waals surface area (Å²) in [6.07, 6.45) is 0. The summed E-state index contributed by atoms with van der Waals surface area (Å²) in [5.41, 5.74) is 11.7. The molecule has 1 aromatic rings. The summed E-state index contributed by atoms with van der Waals surface area (Å²) in [4.78, 5) is 6.45. The molecule has 2 heterocycles. The highest BCUT2D eigenvalue weighted by molar-refractivity contribution is 5.62. The van der Waals surface area contributed by atoms with Crippen molar-refractivity contribution >= 4 is 17.3 Å². The molecule has 1 aliphatic rings. The number of rotatable bonds is 1. The first-order valence-electron chi connectivity index (χ1n) is 5.39. The lowest BCUT2D eigenvalue weighted by Crippen LogP contribution is -2.48. The molecule has 5 nitrogen and oxygen atoms in total. The van der Waals surface area contributed by atoms with Gasteiger partial charge in [0.2, 0.25) is 0 Å². The maximum absolute atomic E-state index is 5.70. The van der Waals surface area contributed by atoms with Gasteiger partial charge < -0.3 is 21.1 Å². The Balaban J connectivity index is 2.20. The third kappa shape index (κ3) is 2.19. The van der Waals surface area contributed by atoms with Crippen LogP contribution in [0.2, 0.25) is 0 Å². The van der Waals surface area contributed by atoms with Crippen molar-refractivity contribution < 1.29 is 4.74 Å². The molecule has 4 N–H and O–H groups in total. The molecular weight excluding hydrogens is 204 g/mol. The van der Waals surface area contributed by atoms with Gasteiger partial charge in [-0.3, -0.25) is 0 Å². The zero-order valence-corrected chi connectivity index (χ0v) is 9.73. The first kappa shape index (κ1) is 11.0. The van der Waals surface area contributed by atoms with Crippen LogP contribution in [0.3, 0.4) is 0 Å². The lowest BCUT2D eigenvalue weighted by molar-refractivity contribution is -0.0279. The van der Waals surface area contributed by atoms with E-state index in [4.69, 9.17) is 16.2 Å². The molecule has 0 aromatic carbocycles. The minimum Gasteiger partial charge on any atom is -0.396 e. The van der Waals surface area contributed by atoms with E-state index < -0.39 is 0 Å². The lowest BCUT2D eigenvalue weighted by Gasteiger charge is -2.38. The van der Waals surface area contributed by atoms with Gasteiger partial charge in [-0.15, -0.1) is 0 Å². The van der Waals surface area contributed by atoms with Crippen LogP contribution < -0.4 is 16.4 Å². The van der Waals surface area contributed by atoms with Crippen LogP contribution in [0.1, 0.15) is 13.8 Å². The summed E-state index contributed by atoms with van der Waals surface area (Å²) in [5.74, 6) is 1.25. The number of ether oxygens (including phenoxy) is 1. The fourth-order valence-corrected chi connectivity index (χ4v) is 1.86. The second kappa shape index (κ2) is 3.83. The van der Waals surface area contributed by atoms with Crippen molar-refractivity contribution in [1.82, 2.24) is 4.98 Å². The van der Waals surface area contributed by atoms with E-state index in [1.165, 1.54) is 0 Å². The Kier molecular flexibility index (Phi) is 2.63. The van der Waals surface area contributed by atoms with E-state index in [0.717, 1.165) is 18.9 Å². The highest BCUT2D eigenvalue weighted by Gasteiger charge is 2.27. The molecule has 0 unspecified atom stereocenters. The standard InChI is InChI=1S/C11H18N4O/c1-11(2)7-15(5-6-16-11)9-4-3-8(12)10(13)14-9/h3-4H,5-7,12H2,1-2H3,(H2,13,14). The van der Waals surface area contributed by atoms with Crippen molar-refractivity contribution in [3.63, 3.8) is 0 Å². The molecule has 1 fully saturated rings. The third-order valence-electron chi connectivity index (χ3n) is 2.69. The van der Waals surface area contributed by atoms with Gasteiger partial charge in [-0.1, -0.05) is 0 Å². The molecular formula is C11H18N4O. The molecule has 0 amide bonds. The molecule has 0 atom stereocenters. The van der Waals surface area contributed by atoms with Crippen LogP contribution in [-0.2, 0) is 4.74 Å². The number of nitrogens with zero attached hydrogens (tertiary/aromatic N) is 2. The first-order valence-corrected chi connectivity index (χ1v) is 5.39. The van der Waals surface area contributed by atoms with Crippen molar-refractivity contribution in [2.24, 2.45) is 0 Å². The van der Waals surface area contributed by atoms with E-state index in [9.17, 15) is 0 Å². The SMILES string of the molecule is CC1(C)CN(c2ccc(N)c(N)n2)CCO1. The highest BCUT2D eigenvalue weighted by Crippen LogP contribution is 2.23. The smallest absolute Gasteiger partial charge is 0.149 e.